The number of fused-ring (bicyclic) bond motifs is 1. The first-order valence-electron chi connectivity index (χ1n) is 6.45. The molecule has 0 saturated carbocycles. The number of anilines is 2. The summed E-state index contributed by atoms with van der Waals surface area (Å²) in [5, 5.41) is 1.72. The lowest BCUT2D eigenvalue weighted by Crippen LogP contribution is -2.25. The molecule has 0 saturated heterocycles. The van der Waals surface area contributed by atoms with Gasteiger partial charge in [-0.15, -0.1) is 11.3 Å². The van der Waals surface area contributed by atoms with Crippen LogP contribution in [0, 0.1) is 0 Å². The Kier molecular flexibility index (Phi) is 3.46. The van der Waals surface area contributed by atoms with Crippen LogP contribution in [-0.2, 0) is 21.2 Å². The van der Waals surface area contributed by atoms with E-state index in [0.717, 1.165) is 17.7 Å². The van der Waals surface area contributed by atoms with Crippen LogP contribution < -0.4 is 9.62 Å². The molecule has 1 aromatic carbocycles. The Bertz CT molecular complexity index is 783. The van der Waals surface area contributed by atoms with E-state index >= 15 is 0 Å². The largest absolute Gasteiger partial charge is 0.312 e. The summed E-state index contributed by atoms with van der Waals surface area (Å²) in [6.07, 6.45) is 0.740. The van der Waals surface area contributed by atoms with E-state index in [1.807, 2.05) is 0 Å². The third-order valence-electron chi connectivity index (χ3n) is 3.37. The molecule has 21 heavy (non-hydrogen) atoms. The van der Waals surface area contributed by atoms with Gasteiger partial charge in [0.1, 0.15) is 4.21 Å². The molecule has 5 nitrogen and oxygen atoms in total. The van der Waals surface area contributed by atoms with Crippen LogP contribution in [0.15, 0.2) is 39.9 Å². The minimum atomic E-state index is -3.53. The fourth-order valence-corrected chi connectivity index (χ4v) is 4.46. The van der Waals surface area contributed by atoms with Crippen molar-refractivity contribution in [2.24, 2.45) is 0 Å². The van der Waals surface area contributed by atoms with E-state index in [4.69, 9.17) is 0 Å². The van der Waals surface area contributed by atoms with Crippen LogP contribution in [0.4, 0.5) is 11.4 Å². The van der Waals surface area contributed by atoms with Gasteiger partial charge in [0.05, 0.1) is 0 Å². The number of nitrogens with zero attached hydrogens (tertiary/aromatic N) is 1. The molecule has 0 aliphatic carbocycles. The van der Waals surface area contributed by atoms with Crippen LogP contribution in [-0.4, -0.2) is 20.9 Å². The maximum Gasteiger partial charge on any atom is 0.271 e. The minimum Gasteiger partial charge on any atom is -0.312 e. The molecule has 1 aliphatic rings. The van der Waals surface area contributed by atoms with Gasteiger partial charge < -0.3 is 4.90 Å². The normalized spacial score (nSPS) is 14.0. The average Bonchev–Trinajstić information content (AvgIpc) is 3.07. The number of carbonyl (C=O) groups excluding carboxylic acids is 1. The number of benzene rings is 1. The van der Waals surface area contributed by atoms with Crippen molar-refractivity contribution in [3.8, 4) is 0 Å². The Morgan fingerprint density at radius 2 is 2.14 bits per heavy atom. The van der Waals surface area contributed by atoms with Crippen molar-refractivity contribution < 1.29 is 13.2 Å². The Morgan fingerprint density at radius 3 is 2.81 bits per heavy atom. The predicted molar refractivity (Wildman–Crippen MR) is 83.3 cm³/mol. The van der Waals surface area contributed by atoms with Crippen molar-refractivity contribution in [3.05, 3.63) is 41.3 Å². The van der Waals surface area contributed by atoms with Crippen LogP contribution in [0.3, 0.4) is 0 Å². The molecule has 2 heterocycles. The van der Waals surface area contributed by atoms with Gasteiger partial charge >= 0.3 is 0 Å². The highest BCUT2D eigenvalue weighted by Gasteiger charge is 2.23. The minimum absolute atomic E-state index is 0.000617. The van der Waals surface area contributed by atoms with Gasteiger partial charge in [0, 0.05) is 24.8 Å². The van der Waals surface area contributed by atoms with Crippen LogP contribution in [0.5, 0.6) is 0 Å². The topological polar surface area (TPSA) is 66.5 Å². The van der Waals surface area contributed by atoms with E-state index in [1.165, 1.54) is 18.3 Å². The first-order valence-corrected chi connectivity index (χ1v) is 8.81. The fraction of sp³-hybridized carbons (Fsp3) is 0.214. The number of carbonyl (C=O) groups is 1. The molecular weight excluding hydrogens is 308 g/mol. The number of hydrogen-bond donors (Lipinski definition) is 1. The number of nitrogens with one attached hydrogen (secondary N) is 1. The van der Waals surface area contributed by atoms with Crippen LogP contribution in [0.25, 0.3) is 0 Å². The number of sulfonamides is 1. The number of rotatable bonds is 3. The molecule has 110 valence electrons. The molecule has 7 heteroatoms. The molecule has 1 aromatic heterocycles. The number of hydrogen-bond acceptors (Lipinski definition) is 4. The van der Waals surface area contributed by atoms with E-state index in [-0.39, 0.29) is 10.1 Å². The molecule has 0 fully saturated rings. The summed E-state index contributed by atoms with van der Waals surface area (Å²) in [5.74, 6) is 0.000617. The highest BCUT2D eigenvalue weighted by Crippen LogP contribution is 2.31. The molecule has 1 amide bonds. The van der Waals surface area contributed by atoms with Gasteiger partial charge in [0.15, 0.2) is 0 Å². The number of amides is 1. The van der Waals surface area contributed by atoms with Crippen LogP contribution >= 0.6 is 11.3 Å². The maximum atomic E-state index is 12.2. The van der Waals surface area contributed by atoms with Crippen molar-refractivity contribution in [2.75, 3.05) is 16.2 Å². The molecular formula is C14H14N2O3S2. The quantitative estimate of drug-likeness (QED) is 0.944. The van der Waals surface area contributed by atoms with Gasteiger partial charge in [-0.2, -0.15) is 0 Å². The van der Waals surface area contributed by atoms with Crippen molar-refractivity contribution in [1.29, 1.82) is 0 Å². The van der Waals surface area contributed by atoms with Crippen LogP contribution in [0.1, 0.15) is 12.5 Å². The van der Waals surface area contributed by atoms with Crippen molar-refractivity contribution in [1.82, 2.24) is 0 Å². The molecule has 0 spiro atoms. The number of thiophene rings is 1. The summed E-state index contributed by atoms with van der Waals surface area (Å²) in [7, 11) is -3.53. The maximum absolute atomic E-state index is 12.2. The molecule has 3 rings (SSSR count). The highest BCUT2D eigenvalue weighted by atomic mass is 32.2. The van der Waals surface area contributed by atoms with Gasteiger partial charge in [-0.1, -0.05) is 6.07 Å². The zero-order chi connectivity index (χ0) is 15.0. The SMILES string of the molecule is CC(=O)N1CCc2cc(NS(=O)(=O)c3cccs3)ccc21. The zero-order valence-electron chi connectivity index (χ0n) is 11.4. The summed E-state index contributed by atoms with van der Waals surface area (Å²) in [4.78, 5) is 13.2. The molecule has 0 unspecified atom stereocenters. The fourth-order valence-electron chi connectivity index (χ4n) is 2.41. The first kappa shape index (κ1) is 14.1. The lowest BCUT2D eigenvalue weighted by molar-refractivity contribution is -0.116. The molecule has 0 atom stereocenters. The van der Waals surface area contributed by atoms with E-state index < -0.39 is 10.0 Å². The Hall–Kier alpha value is -1.86. The third kappa shape index (κ3) is 2.66. The molecule has 0 radical (unpaired) electrons. The molecule has 0 bridgehead atoms. The smallest absolute Gasteiger partial charge is 0.271 e. The lowest BCUT2D eigenvalue weighted by Gasteiger charge is -2.15. The lowest BCUT2D eigenvalue weighted by atomic mass is 10.1. The second kappa shape index (κ2) is 5.16. The second-order valence-corrected chi connectivity index (χ2v) is 7.66. The Labute approximate surface area is 127 Å². The van der Waals surface area contributed by atoms with Crippen molar-refractivity contribution >= 4 is 38.6 Å². The third-order valence-corrected chi connectivity index (χ3v) is 6.15. The van der Waals surface area contributed by atoms with Gasteiger partial charge in [-0.25, -0.2) is 8.42 Å². The van der Waals surface area contributed by atoms with E-state index in [9.17, 15) is 13.2 Å². The van der Waals surface area contributed by atoms with Crippen LogP contribution in [0.2, 0.25) is 0 Å². The van der Waals surface area contributed by atoms with E-state index in [1.54, 1.807) is 40.6 Å². The Morgan fingerprint density at radius 1 is 1.33 bits per heavy atom. The standard InChI is InChI=1S/C14H14N2O3S2/c1-10(17)16-7-6-11-9-12(4-5-13(11)16)15-21(18,19)14-3-2-8-20-14/h2-5,8-9,15H,6-7H2,1H3. The summed E-state index contributed by atoms with van der Waals surface area (Å²) in [5.41, 5.74) is 2.37. The summed E-state index contributed by atoms with van der Waals surface area (Å²) < 4.78 is 27.2. The second-order valence-electron chi connectivity index (χ2n) is 4.80. The van der Waals surface area contributed by atoms with E-state index in [0.29, 0.717) is 12.2 Å². The first-order chi connectivity index (χ1) is 9.97. The Balaban J connectivity index is 1.88. The average molecular weight is 322 g/mol. The van der Waals surface area contributed by atoms with Gasteiger partial charge in [0.2, 0.25) is 5.91 Å². The van der Waals surface area contributed by atoms with Crippen molar-refractivity contribution in [2.45, 2.75) is 17.6 Å². The van der Waals surface area contributed by atoms with Gasteiger partial charge in [-0.05, 0) is 41.6 Å². The van der Waals surface area contributed by atoms with Crippen molar-refractivity contribution in [3.63, 3.8) is 0 Å². The molecule has 1 aliphatic heterocycles. The zero-order valence-corrected chi connectivity index (χ0v) is 13.0. The molecule has 1 N–H and O–H groups in total. The van der Waals surface area contributed by atoms with E-state index in [2.05, 4.69) is 4.72 Å². The summed E-state index contributed by atoms with van der Waals surface area (Å²) >= 11 is 1.18. The summed E-state index contributed by atoms with van der Waals surface area (Å²) in [6, 6.07) is 8.54. The highest BCUT2D eigenvalue weighted by molar-refractivity contribution is 7.94. The van der Waals surface area contributed by atoms with Gasteiger partial charge in [-0.3, -0.25) is 9.52 Å². The van der Waals surface area contributed by atoms with Gasteiger partial charge in [0.25, 0.3) is 10.0 Å². The monoisotopic (exact) mass is 322 g/mol. The predicted octanol–water partition coefficient (Wildman–Crippen LogP) is 2.46. The molecule has 2 aromatic rings. The summed E-state index contributed by atoms with van der Waals surface area (Å²) in [6.45, 7) is 2.17.